The van der Waals surface area contributed by atoms with E-state index in [1.54, 1.807) is 0 Å². The first-order chi connectivity index (χ1) is 8.27. The zero-order valence-corrected chi connectivity index (χ0v) is 11.8. The SMILES string of the molecule is CCCN(CCCSC)Cc1ccccc1N. The molecular formula is C14H24N2S. The molecule has 0 radical (unpaired) electrons. The molecule has 0 saturated carbocycles. The molecule has 1 rings (SSSR count). The molecule has 2 N–H and O–H groups in total. The van der Waals surface area contributed by atoms with Crippen LogP contribution in [0.4, 0.5) is 5.69 Å². The summed E-state index contributed by atoms with van der Waals surface area (Å²) in [6.45, 7) is 5.54. The molecule has 0 unspecified atom stereocenters. The van der Waals surface area contributed by atoms with Gasteiger partial charge in [0.1, 0.15) is 0 Å². The molecule has 0 aliphatic rings. The van der Waals surface area contributed by atoms with Crippen molar-refractivity contribution in [1.29, 1.82) is 0 Å². The minimum Gasteiger partial charge on any atom is -0.398 e. The van der Waals surface area contributed by atoms with Gasteiger partial charge in [-0.25, -0.2) is 0 Å². The fourth-order valence-electron chi connectivity index (χ4n) is 1.94. The minimum atomic E-state index is 0.915. The summed E-state index contributed by atoms with van der Waals surface area (Å²) in [5, 5.41) is 0. The fraction of sp³-hybridized carbons (Fsp3) is 0.571. The molecule has 0 aliphatic carbocycles. The number of anilines is 1. The van der Waals surface area contributed by atoms with Crippen LogP contribution < -0.4 is 5.73 Å². The van der Waals surface area contributed by atoms with Gasteiger partial charge in [-0.15, -0.1) is 0 Å². The molecular weight excluding hydrogens is 228 g/mol. The maximum Gasteiger partial charge on any atom is 0.0359 e. The quantitative estimate of drug-likeness (QED) is 0.569. The topological polar surface area (TPSA) is 29.3 Å². The van der Waals surface area contributed by atoms with Crippen LogP contribution in [0.15, 0.2) is 24.3 Å². The monoisotopic (exact) mass is 252 g/mol. The van der Waals surface area contributed by atoms with E-state index >= 15 is 0 Å². The largest absolute Gasteiger partial charge is 0.398 e. The lowest BCUT2D eigenvalue weighted by atomic mass is 10.1. The van der Waals surface area contributed by atoms with E-state index in [2.05, 4.69) is 30.2 Å². The number of rotatable bonds is 8. The highest BCUT2D eigenvalue weighted by molar-refractivity contribution is 7.98. The number of nitrogen functional groups attached to an aromatic ring is 1. The van der Waals surface area contributed by atoms with Crippen LogP contribution in [-0.2, 0) is 6.54 Å². The molecule has 17 heavy (non-hydrogen) atoms. The van der Waals surface area contributed by atoms with Crippen molar-refractivity contribution >= 4 is 17.4 Å². The van der Waals surface area contributed by atoms with E-state index in [1.807, 2.05) is 23.9 Å². The van der Waals surface area contributed by atoms with Crippen molar-refractivity contribution in [1.82, 2.24) is 4.90 Å². The van der Waals surface area contributed by atoms with Crippen molar-refractivity contribution in [3.8, 4) is 0 Å². The van der Waals surface area contributed by atoms with Crippen molar-refractivity contribution in [3.63, 3.8) is 0 Å². The van der Waals surface area contributed by atoms with Crippen LogP contribution in [0.1, 0.15) is 25.3 Å². The van der Waals surface area contributed by atoms with E-state index in [1.165, 1.54) is 30.7 Å². The molecule has 2 nitrogen and oxygen atoms in total. The summed E-state index contributed by atoms with van der Waals surface area (Å²) in [4.78, 5) is 2.50. The highest BCUT2D eigenvalue weighted by Crippen LogP contribution is 2.14. The highest BCUT2D eigenvalue weighted by Gasteiger charge is 2.06. The standard InChI is InChI=1S/C14H24N2S/c1-3-9-16(10-6-11-17-2)12-13-7-4-5-8-14(13)15/h4-5,7-8H,3,6,9-12,15H2,1-2H3. The minimum absolute atomic E-state index is 0.915. The molecule has 3 heteroatoms. The Hall–Kier alpha value is -0.670. The van der Waals surface area contributed by atoms with Gasteiger partial charge in [-0.3, -0.25) is 4.90 Å². The third-order valence-corrected chi connectivity index (χ3v) is 3.51. The van der Waals surface area contributed by atoms with Crippen LogP contribution in [0.25, 0.3) is 0 Å². The number of hydrogen-bond donors (Lipinski definition) is 1. The second-order valence-electron chi connectivity index (χ2n) is 4.32. The van der Waals surface area contributed by atoms with Crippen LogP contribution in [0, 0.1) is 0 Å². The van der Waals surface area contributed by atoms with Crippen molar-refractivity contribution in [2.24, 2.45) is 0 Å². The fourth-order valence-corrected chi connectivity index (χ4v) is 2.36. The average molecular weight is 252 g/mol. The summed E-state index contributed by atoms with van der Waals surface area (Å²) < 4.78 is 0. The molecule has 0 atom stereocenters. The van der Waals surface area contributed by atoms with Gasteiger partial charge in [-0.1, -0.05) is 25.1 Å². The first-order valence-electron chi connectivity index (χ1n) is 6.32. The summed E-state index contributed by atoms with van der Waals surface area (Å²) in [5.74, 6) is 1.24. The van der Waals surface area contributed by atoms with Gasteiger partial charge in [0.2, 0.25) is 0 Å². The van der Waals surface area contributed by atoms with Crippen LogP contribution in [0.5, 0.6) is 0 Å². The van der Waals surface area contributed by atoms with Gasteiger partial charge < -0.3 is 5.73 Å². The number of nitrogens with zero attached hydrogens (tertiary/aromatic N) is 1. The molecule has 0 spiro atoms. The van der Waals surface area contributed by atoms with Crippen molar-refractivity contribution in [2.45, 2.75) is 26.3 Å². The van der Waals surface area contributed by atoms with Crippen molar-refractivity contribution in [3.05, 3.63) is 29.8 Å². The smallest absolute Gasteiger partial charge is 0.0359 e. The van der Waals surface area contributed by atoms with Crippen LogP contribution in [-0.4, -0.2) is 30.0 Å². The van der Waals surface area contributed by atoms with E-state index in [9.17, 15) is 0 Å². The van der Waals surface area contributed by atoms with E-state index in [-0.39, 0.29) is 0 Å². The summed E-state index contributed by atoms with van der Waals surface area (Å²) in [6.07, 6.45) is 4.62. The second-order valence-corrected chi connectivity index (χ2v) is 5.31. The molecule has 96 valence electrons. The summed E-state index contributed by atoms with van der Waals surface area (Å²) in [6, 6.07) is 8.18. The Labute approximate surface area is 110 Å². The van der Waals surface area contributed by atoms with Gasteiger partial charge in [-0.2, -0.15) is 11.8 Å². The van der Waals surface area contributed by atoms with Crippen LogP contribution in [0.3, 0.4) is 0 Å². The van der Waals surface area contributed by atoms with Gasteiger partial charge in [-0.05, 0) is 49.6 Å². The number of hydrogen-bond acceptors (Lipinski definition) is 3. The van der Waals surface area contributed by atoms with E-state index in [4.69, 9.17) is 5.73 Å². The Kier molecular flexibility index (Phi) is 7.13. The Morgan fingerprint density at radius 2 is 2.00 bits per heavy atom. The Balaban J connectivity index is 2.50. The first kappa shape index (κ1) is 14.4. The number of benzene rings is 1. The lowest BCUT2D eigenvalue weighted by Crippen LogP contribution is -2.26. The van der Waals surface area contributed by atoms with Crippen molar-refractivity contribution in [2.75, 3.05) is 30.8 Å². The summed E-state index contributed by atoms with van der Waals surface area (Å²) in [5.41, 5.74) is 8.16. The molecule has 0 amide bonds. The second kappa shape index (κ2) is 8.43. The molecule has 0 heterocycles. The Bertz CT molecular complexity index is 315. The van der Waals surface area contributed by atoms with Gasteiger partial charge in [0, 0.05) is 12.2 Å². The predicted octanol–water partition coefficient (Wildman–Crippen LogP) is 3.23. The van der Waals surface area contributed by atoms with E-state index in [0.29, 0.717) is 0 Å². The molecule has 0 fully saturated rings. The molecule has 0 saturated heterocycles. The van der Waals surface area contributed by atoms with Crippen LogP contribution >= 0.6 is 11.8 Å². The molecule has 0 aliphatic heterocycles. The lowest BCUT2D eigenvalue weighted by Gasteiger charge is -2.22. The predicted molar refractivity (Wildman–Crippen MR) is 79.4 cm³/mol. The molecule has 0 bridgehead atoms. The third kappa shape index (κ3) is 5.46. The average Bonchev–Trinajstić information content (AvgIpc) is 2.32. The number of para-hydroxylation sites is 1. The number of nitrogens with two attached hydrogens (primary N) is 1. The maximum atomic E-state index is 5.99. The van der Waals surface area contributed by atoms with Crippen LogP contribution in [0.2, 0.25) is 0 Å². The number of thioether (sulfide) groups is 1. The van der Waals surface area contributed by atoms with E-state index < -0.39 is 0 Å². The summed E-state index contributed by atoms with van der Waals surface area (Å²) >= 11 is 1.92. The normalized spacial score (nSPS) is 11.0. The van der Waals surface area contributed by atoms with Gasteiger partial charge in [0.05, 0.1) is 0 Å². The van der Waals surface area contributed by atoms with Crippen molar-refractivity contribution < 1.29 is 0 Å². The Morgan fingerprint density at radius 3 is 2.65 bits per heavy atom. The molecule has 0 aromatic heterocycles. The molecule has 1 aromatic rings. The third-order valence-electron chi connectivity index (χ3n) is 2.81. The first-order valence-corrected chi connectivity index (χ1v) is 7.72. The highest BCUT2D eigenvalue weighted by atomic mass is 32.2. The summed E-state index contributed by atoms with van der Waals surface area (Å²) in [7, 11) is 0. The van der Waals surface area contributed by atoms with E-state index in [0.717, 1.165) is 18.8 Å². The zero-order chi connectivity index (χ0) is 12.5. The maximum absolute atomic E-state index is 5.99. The van der Waals surface area contributed by atoms with Gasteiger partial charge >= 0.3 is 0 Å². The zero-order valence-electron chi connectivity index (χ0n) is 11.0. The van der Waals surface area contributed by atoms with Gasteiger partial charge in [0.15, 0.2) is 0 Å². The molecule has 1 aromatic carbocycles. The lowest BCUT2D eigenvalue weighted by molar-refractivity contribution is 0.268. The van der Waals surface area contributed by atoms with Gasteiger partial charge in [0.25, 0.3) is 0 Å². The Morgan fingerprint density at radius 1 is 1.24 bits per heavy atom.